The number of aryl methyl sites for hydroxylation is 2. The van der Waals surface area contributed by atoms with E-state index >= 15 is 0 Å². The number of carbonyl (C=O) groups is 1. The third-order valence-corrected chi connectivity index (χ3v) is 2.81. The molecule has 0 bridgehead atoms. The highest BCUT2D eigenvalue weighted by Crippen LogP contribution is 2.10. The summed E-state index contributed by atoms with van der Waals surface area (Å²) in [7, 11) is 3.50. The number of rotatable bonds is 7. The summed E-state index contributed by atoms with van der Waals surface area (Å²) in [4.78, 5) is 12.0. The maximum atomic E-state index is 12.0. The molecule has 1 aromatic heterocycles. The van der Waals surface area contributed by atoms with Gasteiger partial charge in [0.05, 0.1) is 17.9 Å². The Morgan fingerprint density at radius 2 is 2.06 bits per heavy atom. The topological polar surface area (TPSA) is 68.2 Å². The molecule has 0 saturated heterocycles. The number of aromatic nitrogens is 2. The van der Waals surface area contributed by atoms with Gasteiger partial charge in [-0.1, -0.05) is 0 Å². The van der Waals surface area contributed by atoms with Crippen molar-refractivity contribution in [3.05, 3.63) is 17.0 Å². The SMILES string of the molecule is COCCNCCNC(=O)c1c(C)nn(C)c1C. The Kier molecular flexibility index (Phi) is 5.80. The molecule has 0 fully saturated rings. The van der Waals surface area contributed by atoms with Gasteiger partial charge in [0.1, 0.15) is 0 Å². The average molecular weight is 254 g/mol. The molecule has 0 radical (unpaired) electrons. The molecule has 0 aliphatic heterocycles. The largest absolute Gasteiger partial charge is 0.383 e. The summed E-state index contributed by atoms with van der Waals surface area (Å²) < 4.78 is 6.64. The lowest BCUT2D eigenvalue weighted by atomic mass is 10.2. The quantitative estimate of drug-likeness (QED) is 0.672. The van der Waals surface area contributed by atoms with Crippen molar-refractivity contribution in [1.29, 1.82) is 0 Å². The molecule has 0 atom stereocenters. The number of nitrogens with zero attached hydrogens (tertiary/aromatic N) is 2. The molecule has 1 heterocycles. The van der Waals surface area contributed by atoms with Crippen molar-refractivity contribution in [3.8, 4) is 0 Å². The van der Waals surface area contributed by atoms with E-state index in [0.29, 0.717) is 18.7 Å². The van der Waals surface area contributed by atoms with Crippen LogP contribution in [0.1, 0.15) is 21.7 Å². The van der Waals surface area contributed by atoms with Gasteiger partial charge < -0.3 is 15.4 Å². The zero-order chi connectivity index (χ0) is 13.5. The maximum Gasteiger partial charge on any atom is 0.255 e. The molecule has 102 valence electrons. The Morgan fingerprint density at radius 3 is 2.61 bits per heavy atom. The minimum Gasteiger partial charge on any atom is -0.383 e. The summed E-state index contributed by atoms with van der Waals surface area (Å²) >= 11 is 0. The predicted octanol–water partition coefficient (Wildman–Crippen LogP) is 0.00274. The minimum absolute atomic E-state index is 0.0633. The van der Waals surface area contributed by atoms with Gasteiger partial charge in [0.2, 0.25) is 0 Å². The number of carbonyl (C=O) groups excluding carboxylic acids is 1. The number of methoxy groups -OCH3 is 1. The van der Waals surface area contributed by atoms with Crippen LogP contribution >= 0.6 is 0 Å². The van der Waals surface area contributed by atoms with Gasteiger partial charge in [0, 0.05) is 39.5 Å². The number of hydrogen-bond acceptors (Lipinski definition) is 4. The highest BCUT2D eigenvalue weighted by Gasteiger charge is 2.16. The van der Waals surface area contributed by atoms with Crippen LogP contribution in [0, 0.1) is 13.8 Å². The molecular weight excluding hydrogens is 232 g/mol. The fourth-order valence-electron chi connectivity index (χ4n) is 1.75. The third-order valence-electron chi connectivity index (χ3n) is 2.81. The first kappa shape index (κ1) is 14.7. The lowest BCUT2D eigenvalue weighted by Crippen LogP contribution is -2.33. The predicted molar refractivity (Wildman–Crippen MR) is 69.8 cm³/mol. The molecule has 1 rings (SSSR count). The van der Waals surface area contributed by atoms with E-state index in [1.165, 1.54) is 0 Å². The van der Waals surface area contributed by atoms with Gasteiger partial charge in [0.25, 0.3) is 5.91 Å². The normalized spacial score (nSPS) is 10.7. The van der Waals surface area contributed by atoms with Crippen molar-refractivity contribution in [3.63, 3.8) is 0 Å². The fourth-order valence-corrected chi connectivity index (χ4v) is 1.75. The van der Waals surface area contributed by atoms with Crippen molar-refractivity contribution >= 4 is 5.91 Å². The van der Waals surface area contributed by atoms with Gasteiger partial charge in [-0.25, -0.2) is 0 Å². The molecule has 0 aromatic carbocycles. The van der Waals surface area contributed by atoms with Crippen LogP contribution in [-0.4, -0.2) is 49.0 Å². The van der Waals surface area contributed by atoms with E-state index < -0.39 is 0 Å². The summed E-state index contributed by atoms with van der Waals surface area (Å²) in [6.45, 7) is 6.53. The number of nitrogens with one attached hydrogen (secondary N) is 2. The van der Waals surface area contributed by atoms with Gasteiger partial charge in [-0.15, -0.1) is 0 Å². The average Bonchev–Trinajstić information content (AvgIpc) is 2.58. The number of ether oxygens (including phenoxy) is 1. The van der Waals surface area contributed by atoms with Gasteiger partial charge in [0.15, 0.2) is 0 Å². The third kappa shape index (κ3) is 3.82. The molecule has 6 heteroatoms. The second kappa shape index (κ2) is 7.13. The van der Waals surface area contributed by atoms with Crippen molar-refractivity contribution in [1.82, 2.24) is 20.4 Å². The zero-order valence-corrected chi connectivity index (χ0v) is 11.5. The summed E-state index contributed by atoms with van der Waals surface area (Å²) in [5.41, 5.74) is 2.33. The highest BCUT2D eigenvalue weighted by molar-refractivity contribution is 5.96. The molecule has 0 spiro atoms. The monoisotopic (exact) mass is 254 g/mol. The van der Waals surface area contributed by atoms with Crippen molar-refractivity contribution < 1.29 is 9.53 Å². The van der Waals surface area contributed by atoms with E-state index in [0.717, 1.165) is 24.5 Å². The lowest BCUT2D eigenvalue weighted by Gasteiger charge is -2.06. The Balaban J connectivity index is 2.37. The first-order chi connectivity index (χ1) is 8.57. The molecule has 0 unspecified atom stereocenters. The minimum atomic E-state index is -0.0633. The summed E-state index contributed by atoms with van der Waals surface area (Å²) in [6, 6.07) is 0. The van der Waals surface area contributed by atoms with Gasteiger partial charge in [-0.05, 0) is 13.8 Å². The van der Waals surface area contributed by atoms with Crippen molar-refractivity contribution in [2.75, 3.05) is 33.4 Å². The van der Waals surface area contributed by atoms with Crippen LogP contribution in [0.15, 0.2) is 0 Å². The van der Waals surface area contributed by atoms with Crippen LogP contribution in [0.25, 0.3) is 0 Å². The maximum absolute atomic E-state index is 12.0. The molecule has 0 saturated carbocycles. The highest BCUT2D eigenvalue weighted by atomic mass is 16.5. The van der Waals surface area contributed by atoms with Crippen LogP contribution < -0.4 is 10.6 Å². The Hall–Kier alpha value is -1.40. The molecule has 0 aliphatic carbocycles. The standard InChI is InChI=1S/C12H22N4O2/c1-9-11(10(2)16(3)15-9)12(17)14-6-5-13-7-8-18-4/h13H,5-8H2,1-4H3,(H,14,17). The van der Waals surface area contributed by atoms with Crippen LogP contribution in [0.4, 0.5) is 0 Å². The summed E-state index contributed by atoms with van der Waals surface area (Å²) in [5.74, 6) is -0.0633. The summed E-state index contributed by atoms with van der Waals surface area (Å²) in [6.07, 6.45) is 0. The molecule has 6 nitrogen and oxygen atoms in total. The number of hydrogen-bond donors (Lipinski definition) is 2. The molecule has 2 N–H and O–H groups in total. The fraction of sp³-hybridized carbons (Fsp3) is 0.667. The first-order valence-corrected chi connectivity index (χ1v) is 6.06. The Morgan fingerprint density at radius 1 is 1.33 bits per heavy atom. The molecule has 1 aromatic rings. The van der Waals surface area contributed by atoms with Crippen LogP contribution in [0.5, 0.6) is 0 Å². The van der Waals surface area contributed by atoms with Gasteiger partial charge in [-0.2, -0.15) is 5.10 Å². The second-order valence-corrected chi connectivity index (χ2v) is 4.17. The molecule has 0 aliphatic rings. The summed E-state index contributed by atoms with van der Waals surface area (Å²) in [5, 5.41) is 10.3. The van der Waals surface area contributed by atoms with E-state index in [9.17, 15) is 4.79 Å². The van der Waals surface area contributed by atoms with E-state index in [1.54, 1.807) is 11.8 Å². The van der Waals surface area contributed by atoms with E-state index in [-0.39, 0.29) is 5.91 Å². The second-order valence-electron chi connectivity index (χ2n) is 4.17. The van der Waals surface area contributed by atoms with Crippen LogP contribution in [0.2, 0.25) is 0 Å². The van der Waals surface area contributed by atoms with E-state index in [2.05, 4.69) is 15.7 Å². The van der Waals surface area contributed by atoms with Crippen molar-refractivity contribution in [2.45, 2.75) is 13.8 Å². The van der Waals surface area contributed by atoms with Crippen molar-refractivity contribution in [2.24, 2.45) is 7.05 Å². The first-order valence-electron chi connectivity index (χ1n) is 6.06. The lowest BCUT2D eigenvalue weighted by molar-refractivity contribution is 0.0952. The Labute approximate surface area is 108 Å². The van der Waals surface area contributed by atoms with E-state index in [1.807, 2.05) is 20.9 Å². The zero-order valence-electron chi connectivity index (χ0n) is 11.5. The molecule has 18 heavy (non-hydrogen) atoms. The van der Waals surface area contributed by atoms with E-state index in [4.69, 9.17) is 4.74 Å². The number of amides is 1. The van der Waals surface area contributed by atoms with Gasteiger partial charge >= 0.3 is 0 Å². The smallest absolute Gasteiger partial charge is 0.255 e. The van der Waals surface area contributed by atoms with Crippen LogP contribution in [0.3, 0.4) is 0 Å². The Bertz CT molecular complexity index is 401. The molecular formula is C12H22N4O2. The van der Waals surface area contributed by atoms with Gasteiger partial charge in [-0.3, -0.25) is 9.48 Å². The van der Waals surface area contributed by atoms with Crippen LogP contribution in [-0.2, 0) is 11.8 Å². The molecule has 1 amide bonds.